The van der Waals surface area contributed by atoms with Gasteiger partial charge >= 0.3 is 0 Å². The van der Waals surface area contributed by atoms with Gasteiger partial charge in [-0.3, -0.25) is 0 Å². The first kappa shape index (κ1) is 23.5. The summed E-state index contributed by atoms with van der Waals surface area (Å²) >= 11 is 0. The molecule has 0 heteroatoms. The summed E-state index contributed by atoms with van der Waals surface area (Å²) in [7, 11) is 0. The highest BCUT2D eigenvalue weighted by Crippen LogP contribution is 2.72. The average molecular weight is 533 g/mol. The van der Waals surface area contributed by atoms with Crippen LogP contribution >= 0.6 is 0 Å². The maximum absolute atomic E-state index is 2.48. The SMILES string of the molecule is C(=C1/C(=C2c3ccccc3-c3ccccc32)C(c2ccccc2)C12c1ccccc1-c1ccccc12)/c1ccccc1. The molecule has 0 aromatic heterocycles. The smallest absolute Gasteiger partial charge is 0.0576 e. The van der Waals surface area contributed by atoms with Gasteiger partial charge < -0.3 is 0 Å². The molecule has 0 amide bonds. The van der Waals surface area contributed by atoms with E-state index in [1.165, 1.54) is 72.4 Å². The molecule has 1 fully saturated rings. The topological polar surface area (TPSA) is 0 Å². The molecule has 3 aliphatic carbocycles. The van der Waals surface area contributed by atoms with Gasteiger partial charge in [0.25, 0.3) is 0 Å². The molecule has 6 aromatic rings. The van der Waals surface area contributed by atoms with Crippen LogP contribution in [0.5, 0.6) is 0 Å². The Labute approximate surface area is 247 Å². The lowest BCUT2D eigenvalue weighted by Gasteiger charge is -2.55. The molecule has 0 nitrogen and oxygen atoms in total. The van der Waals surface area contributed by atoms with E-state index in [4.69, 9.17) is 0 Å². The molecular formula is C42H28. The minimum absolute atomic E-state index is 0.160. The van der Waals surface area contributed by atoms with Crippen LogP contribution in [0.3, 0.4) is 0 Å². The summed E-state index contributed by atoms with van der Waals surface area (Å²) in [6.07, 6.45) is 2.48. The Morgan fingerprint density at radius 3 is 1.38 bits per heavy atom. The second-order valence-corrected chi connectivity index (χ2v) is 11.6. The number of fused-ring (bicyclic) bond motifs is 8. The van der Waals surface area contributed by atoms with Crippen LogP contribution in [0.4, 0.5) is 0 Å². The fraction of sp³-hybridized carbons (Fsp3) is 0.0476. The molecule has 6 aromatic carbocycles. The molecule has 0 radical (unpaired) electrons. The molecule has 3 aliphatic rings. The zero-order valence-electron chi connectivity index (χ0n) is 23.2. The first-order valence-electron chi connectivity index (χ1n) is 14.8. The fourth-order valence-corrected chi connectivity index (χ4v) is 8.09. The fourth-order valence-electron chi connectivity index (χ4n) is 8.09. The average Bonchev–Trinajstić information content (AvgIpc) is 3.55. The quantitative estimate of drug-likeness (QED) is 0.208. The van der Waals surface area contributed by atoms with Gasteiger partial charge in [0.15, 0.2) is 0 Å². The van der Waals surface area contributed by atoms with Gasteiger partial charge in [-0.25, -0.2) is 0 Å². The molecule has 0 bridgehead atoms. The summed E-state index contributed by atoms with van der Waals surface area (Å²) in [5.74, 6) is 0.160. The van der Waals surface area contributed by atoms with Crippen LogP contribution in [0.1, 0.15) is 39.3 Å². The highest BCUT2D eigenvalue weighted by molar-refractivity contribution is 6.07. The van der Waals surface area contributed by atoms with Gasteiger partial charge in [-0.2, -0.15) is 0 Å². The summed E-state index contributed by atoms with van der Waals surface area (Å²) in [6, 6.07) is 58.2. The molecule has 1 saturated carbocycles. The molecule has 1 unspecified atom stereocenters. The summed E-state index contributed by atoms with van der Waals surface area (Å²) < 4.78 is 0. The molecule has 0 heterocycles. The van der Waals surface area contributed by atoms with Crippen molar-refractivity contribution >= 4 is 11.6 Å². The van der Waals surface area contributed by atoms with Gasteiger partial charge in [0.05, 0.1) is 5.41 Å². The number of rotatable bonds is 2. The Morgan fingerprint density at radius 1 is 0.405 bits per heavy atom. The lowest BCUT2D eigenvalue weighted by Crippen LogP contribution is -2.47. The van der Waals surface area contributed by atoms with Gasteiger partial charge in [-0.15, -0.1) is 0 Å². The van der Waals surface area contributed by atoms with Gasteiger partial charge in [0.2, 0.25) is 0 Å². The minimum atomic E-state index is -0.292. The van der Waals surface area contributed by atoms with E-state index >= 15 is 0 Å². The second-order valence-electron chi connectivity index (χ2n) is 11.6. The first-order chi connectivity index (χ1) is 20.9. The summed E-state index contributed by atoms with van der Waals surface area (Å²) in [5.41, 5.74) is 17.4. The Hall–Kier alpha value is -5.20. The molecule has 196 valence electrons. The Bertz CT molecular complexity index is 1980. The van der Waals surface area contributed by atoms with Crippen LogP contribution in [0.2, 0.25) is 0 Å². The van der Waals surface area contributed by atoms with E-state index in [-0.39, 0.29) is 11.3 Å². The lowest BCUT2D eigenvalue weighted by molar-refractivity contribution is 0.462. The maximum atomic E-state index is 2.48. The molecule has 1 spiro atoms. The van der Waals surface area contributed by atoms with Crippen LogP contribution < -0.4 is 0 Å². The summed E-state index contributed by atoms with van der Waals surface area (Å²) in [5, 5.41) is 0. The third kappa shape index (κ3) is 3.02. The van der Waals surface area contributed by atoms with Gasteiger partial charge in [-0.1, -0.05) is 164 Å². The van der Waals surface area contributed by atoms with Crippen LogP contribution in [-0.4, -0.2) is 0 Å². The van der Waals surface area contributed by atoms with E-state index in [0.717, 1.165) is 0 Å². The Balaban J connectivity index is 1.46. The number of hydrogen-bond acceptors (Lipinski definition) is 0. The Kier molecular flexibility index (Phi) is 4.98. The van der Waals surface area contributed by atoms with Crippen LogP contribution in [0.15, 0.2) is 169 Å². The van der Waals surface area contributed by atoms with E-state index in [9.17, 15) is 0 Å². The van der Waals surface area contributed by atoms with Crippen molar-refractivity contribution in [1.29, 1.82) is 0 Å². The largest absolute Gasteiger partial charge is 0.0622 e. The van der Waals surface area contributed by atoms with Gasteiger partial charge in [-0.05, 0) is 72.4 Å². The van der Waals surface area contributed by atoms with E-state index < -0.39 is 0 Å². The number of allylic oxidation sites excluding steroid dienone is 2. The van der Waals surface area contributed by atoms with Gasteiger partial charge in [0, 0.05) is 5.92 Å². The third-order valence-electron chi connectivity index (χ3n) is 9.63. The summed E-state index contributed by atoms with van der Waals surface area (Å²) in [6.45, 7) is 0. The van der Waals surface area contributed by atoms with Crippen molar-refractivity contribution < 1.29 is 0 Å². The highest BCUT2D eigenvalue weighted by atomic mass is 14.6. The molecule has 0 N–H and O–H groups in total. The van der Waals surface area contributed by atoms with Crippen molar-refractivity contribution in [3.63, 3.8) is 0 Å². The summed E-state index contributed by atoms with van der Waals surface area (Å²) in [4.78, 5) is 0. The predicted octanol–water partition coefficient (Wildman–Crippen LogP) is 10.3. The van der Waals surface area contributed by atoms with Crippen molar-refractivity contribution in [1.82, 2.24) is 0 Å². The van der Waals surface area contributed by atoms with Crippen LogP contribution in [0.25, 0.3) is 33.9 Å². The number of benzene rings is 6. The Morgan fingerprint density at radius 2 is 0.833 bits per heavy atom. The molecule has 42 heavy (non-hydrogen) atoms. The standard InChI is InChI=1S/C42H28/c1-3-15-28(16-4-1)27-38-40(39-34-23-9-7-19-30(34)31-20-8-10-24-35(31)39)41(29-17-5-2-6-18-29)42(38)36-25-13-11-21-32(36)33-22-12-14-26-37(33)42/h1-27,41H/b38-27+. The molecule has 9 rings (SSSR count). The van der Waals surface area contributed by atoms with E-state index in [0.29, 0.717) is 0 Å². The minimum Gasteiger partial charge on any atom is -0.0622 e. The van der Waals surface area contributed by atoms with Crippen molar-refractivity contribution in [2.75, 3.05) is 0 Å². The lowest BCUT2D eigenvalue weighted by atomic mass is 9.46. The van der Waals surface area contributed by atoms with Crippen molar-refractivity contribution in [2.24, 2.45) is 0 Å². The third-order valence-corrected chi connectivity index (χ3v) is 9.63. The normalized spacial score (nSPS) is 17.9. The van der Waals surface area contributed by atoms with Crippen molar-refractivity contribution in [2.45, 2.75) is 11.3 Å². The molecule has 0 saturated heterocycles. The van der Waals surface area contributed by atoms with Crippen molar-refractivity contribution in [3.8, 4) is 22.3 Å². The predicted molar refractivity (Wildman–Crippen MR) is 174 cm³/mol. The molecule has 0 aliphatic heterocycles. The van der Waals surface area contributed by atoms with Crippen molar-refractivity contribution in [3.05, 3.63) is 202 Å². The van der Waals surface area contributed by atoms with Gasteiger partial charge in [0.1, 0.15) is 0 Å². The molecule has 1 atom stereocenters. The maximum Gasteiger partial charge on any atom is 0.0576 e. The van der Waals surface area contributed by atoms with Crippen LogP contribution in [-0.2, 0) is 5.41 Å². The zero-order chi connectivity index (χ0) is 27.7. The van der Waals surface area contributed by atoms with E-state index in [1.807, 2.05) is 0 Å². The molecular weight excluding hydrogens is 504 g/mol. The zero-order valence-corrected chi connectivity index (χ0v) is 23.2. The van der Waals surface area contributed by atoms with E-state index in [2.05, 4.69) is 164 Å². The second kappa shape index (κ2) is 8.90. The first-order valence-corrected chi connectivity index (χ1v) is 14.8. The monoisotopic (exact) mass is 532 g/mol. The number of hydrogen-bond donors (Lipinski definition) is 0. The highest BCUT2D eigenvalue weighted by Gasteiger charge is 2.62. The van der Waals surface area contributed by atoms with E-state index in [1.54, 1.807) is 0 Å². The van der Waals surface area contributed by atoms with Crippen LogP contribution in [0, 0.1) is 0 Å².